The predicted molar refractivity (Wildman–Crippen MR) is 50.4 cm³/mol. The van der Waals surface area contributed by atoms with Gasteiger partial charge in [-0.1, -0.05) is 6.92 Å². The number of nitrogens with one attached hydrogen (secondary N) is 1. The molecule has 1 aromatic heterocycles. The standard InChI is InChI=1S/C10H16N2O/c1-7-3-8(4-7)10-12-6-9(13-10)5-11-2/h6-8,11H,3-5H2,1-2H3. The van der Waals surface area contributed by atoms with Crippen LogP contribution in [0.15, 0.2) is 10.6 Å². The average molecular weight is 180 g/mol. The molecule has 0 amide bonds. The summed E-state index contributed by atoms with van der Waals surface area (Å²) in [6.07, 6.45) is 4.30. The summed E-state index contributed by atoms with van der Waals surface area (Å²) < 4.78 is 5.60. The van der Waals surface area contributed by atoms with Gasteiger partial charge in [-0.15, -0.1) is 0 Å². The van der Waals surface area contributed by atoms with Crippen LogP contribution in [0, 0.1) is 5.92 Å². The van der Waals surface area contributed by atoms with Gasteiger partial charge in [0.05, 0.1) is 12.7 Å². The second-order valence-electron chi connectivity index (χ2n) is 3.97. The van der Waals surface area contributed by atoms with Gasteiger partial charge in [-0.25, -0.2) is 4.98 Å². The molecule has 1 N–H and O–H groups in total. The van der Waals surface area contributed by atoms with Crippen molar-refractivity contribution in [3.8, 4) is 0 Å². The molecule has 0 aromatic carbocycles. The van der Waals surface area contributed by atoms with Crippen LogP contribution < -0.4 is 5.32 Å². The molecule has 3 nitrogen and oxygen atoms in total. The third kappa shape index (κ3) is 1.75. The minimum Gasteiger partial charge on any atom is -0.444 e. The molecule has 3 heteroatoms. The molecule has 1 heterocycles. The first-order chi connectivity index (χ1) is 6.29. The number of hydrogen-bond acceptors (Lipinski definition) is 3. The van der Waals surface area contributed by atoms with E-state index in [0.717, 1.165) is 24.1 Å². The molecule has 0 atom stereocenters. The van der Waals surface area contributed by atoms with Gasteiger partial charge in [0, 0.05) is 5.92 Å². The second-order valence-corrected chi connectivity index (χ2v) is 3.97. The van der Waals surface area contributed by atoms with Crippen molar-refractivity contribution >= 4 is 0 Å². The first-order valence-corrected chi connectivity index (χ1v) is 4.88. The molecular weight excluding hydrogens is 164 g/mol. The minimum absolute atomic E-state index is 0.584. The first kappa shape index (κ1) is 8.75. The highest BCUT2D eigenvalue weighted by Gasteiger charge is 2.30. The zero-order valence-electron chi connectivity index (χ0n) is 8.21. The van der Waals surface area contributed by atoms with E-state index >= 15 is 0 Å². The lowest BCUT2D eigenvalue weighted by Gasteiger charge is -2.29. The zero-order chi connectivity index (χ0) is 9.26. The Morgan fingerprint density at radius 2 is 2.38 bits per heavy atom. The van der Waals surface area contributed by atoms with Crippen LogP contribution in [-0.2, 0) is 6.54 Å². The Labute approximate surface area is 78.5 Å². The summed E-state index contributed by atoms with van der Waals surface area (Å²) >= 11 is 0. The van der Waals surface area contributed by atoms with E-state index in [-0.39, 0.29) is 0 Å². The van der Waals surface area contributed by atoms with E-state index in [1.165, 1.54) is 12.8 Å². The Balaban J connectivity index is 1.97. The van der Waals surface area contributed by atoms with Gasteiger partial charge in [0.1, 0.15) is 5.76 Å². The molecule has 0 unspecified atom stereocenters. The predicted octanol–water partition coefficient (Wildman–Crippen LogP) is 1.91. The van der Waals surface area contributed by atoms with Crippen LogP contribution in [0.1, 0.15) is 37.3 Å². The maximum absolute atomic E-state index is 5.60. The molecule has 0 radical (unpaired) electrons. The van der Waals surface area contributed by atoms with Crippen LogP contribution in [0.4, 0.5) is 0 Å². The Morgan fingerprint density at radius 1 is 1.62 bits per heavy atom. The number of rotatable bonds is 3. The summed E-state index contributed by atoms with van der Waals surface area (Å²) in [4.78, 5) is 4.28. The van der Waals surface area contributed by atoms with E-state index in [0.29, 0.717) is 5.92 Å². The number of aromatic nitrogens is 1. The van der Waals surface area contributed by atoms with Crippen molar-refractivity contribution in [1.29, 1.82) is 0 Å². The Kier molecular flexibility index (Phi) is 2.36. The van der Waals surface area contributed by atoms with Gasteiger partial charge in [-0.3, -0.25) is 0 Å². The highest BCUT2D eigenvalue weighted by Crippen LogP contribution is 2.40. The maximum Gasteiger partial charge on any atom is 0.197 e. The average Bonchev–Trinajstić information content (AvgIpc) is 2.48. The zero-order valence-corrected chi connectivity index (χ0v) is 8.21. The van der Waals surface area contributed by atoms with Crippen LogP contribution in [0.5, 0.6) is 0 Å². The molecule has 1 aliphatic carbocycles. The fourth-order valence-electron chi connectivity index (χ4n) is 1.87. The summed E-state index contributed by atoms with van der Waals surface area (Å²) in [7, 11) is 1.91. The molecule has 1 saturated carbocycles. The van der Waals surface area contributed by atoms with Gasteiger partial charge in [-0.05, 0) is 25.8 Å². The van der Waals surface area contributed by atoms with Crippen LogP contribution in [0.25, 0.3) is 0 Å². The van der Waals surface area contributed by atoms with Gasteiger partial charge in [0.2, 0.25) is 0 Å². The Bertz CT molecular complexity index is 276. The molecule has 0 spiro atoms. The van der Waals surface area contributed by atoms with Gasteiger partial charge >= 0.3 is 0 Å². The van der Waals surface area contributed by atoms with E-state index in [1.54, 1.807) is 0 Å². The fourth-order valence-corrected chi connectivity index (χ4v) is 1.87. The lowest BCUT2D eigenvalue weighted by Crippen LogP contribution is -2.19. The van der Waals surface area contributed by atoms with Crippen molar-refractivity contribution in [1.82, 2.24) is 10.3 Å². The highest BCUT2D eigenvalue weighted by atomic mass is 16.4. The van der Waals surface area contributed by atoms with Crippen molar-refractivity contribution in [3.63, 3.8) is 0 Å². The van der Waals surface area contributed by atoms with Crippen LogP contribution in [-0.4, -0.2) is 12.0 Å². The van der Waals surface area contributed by atoms with E-state index in [9.17, 15) is 0 Å². The van der Waals surface area contributed by atoms with Crippen molar-refractivity contribution in [2.24, 2.45) is 5.92 Å². The number of hydrogen-bond donors (Lipinski definition) is 1. The normalized spacial score (nSPS) is 27.2. The molecule has 1 aliphatic rings. The SMILES string of the molecule is CNCc1cnc(C2CC(C)C2)o1. The summed E-state index contributed by atoms with van der Waals surface area (Å²) in [6.45, 7) is 3.04. The summed E-state index contributed by atoms with van der Waals surface area (Å²) in [5.41, 5.74) is 0. The number of nitrogens with zero attached hydrogens (tertiary/aromatic N) is 1. The van der Waals surface area contributed by atoms with Gasteiger partial charge < -0.3 is 9.73 Å². The lowest BCUT2D eigenvalue weighted by molar-refractivity contribution is 0.241. The van der Waals surface area contributed by atoms with Crippen molar-refractivity contribution in [3.05, 3.63) is 17.8 Å². The summed E-state index contributed by atoms with van der Waals surface area (Å²) in [5, 5.41) is 3.05. The smallest absolute Gasteiger partial charge is 0.197 e. The first-order valence-electron chi connectivity index (χ1n) is 4.88. The molecule has 0 aliphatic heterocycles. The van der Waals surface area contributed by atoms with Crippen LogP contribution in [0.3, 0.4) is 0 Å². The second kappa shape index (κ2) is 3.50. The largest absolute Gasteiger partial charge is 0.444 e. The van der Waals surface area contributed by atoms with Crippen molar-refractivity contribution in [2.75, 3.05) is 7.05 Å². The topological polar surface area (TPSA) is 38.1 Å². The Morgan fingerprint density at radius 3 is 3.00 bits per heavy atom. The summed E-state index contributed by atoms with van der Waals surface area (Å²) in [6, 6.07) is 0. The van der Waals surface area contributed by atoms with Crippen molar-refractivity contribution in [2.45, 2.75) is 32.2 Å². The molecule has 72 valence electrons. The molecule has 0 saturated heterocycles. The van der Waals surface area contributed by atoms with Gasteiger partial charge in [0.25, 0.3) is 0 Å². The van der Waals surface area contributed by atoms with E-state index in [4.69, 9.17) is 4.42 Å². The highest BCUT2D eigenvalue weighted by molar-refractivity contribution is 5.03. The Hall–Kier alpha value is -0.830. The maximum atomic E-state index is 5.60. The molecular formula is C10H16N2O. The van der Waals surface area contributed by atoms with E-state index < -0.39 is 0 Å². The molecule has 0 bridgehead atoms. The quantitative estimate of drug-likeness (QED) is 0.772. The monoisotopic (exact) mass is 180 g/mol. The third-order valence-electron chi connectivity index (χ3n) is 2.65. The third-order valence-corrected chi connectivity index (χ3v) is 2.65. The molecule has 1 aromatic rings. The van der Waals surface area contributed by atoms with E-state index in [1.807, 2.05) is 13.2 Å². The lowest BCUT2D eigenvalue weighted by atomic mass is 9.76. The molecule has 2 rings (SSSR count). The van der Waals surface area contributed by atoms with E-state index in [2.05, 4.69) is 17.2 Å². The fraction of sp³-hybridized carbons (Fsp3) is 0.700. The molecule has 1 fully saturated rings. The number of oxazole rings is 1. The molecule has 13 heavy (non-hydrogen) atoms. The van der Waals surface area contributed by atoms with Gasteiger partial charge in [0.15, 0.2) is 5.89 Å². The van der Waals surface area contributed by atoms with Crippen LogP contribution >= 0.6 is 0 Å². The van der Waals surface area contributed by atoms with Crippen molar-refractivity contribution < 1.29 is 4.42 Å². The minimum atomic E-state index is 0.584. The van der Waals surface area contributed by atoms with Crippen LogP contribution in [0.2, 0.25) is 0 Å². The summed E-state index contributed by atoms with van der Waals surface area (Å²) in [5.74, 6) is 3.31. The van der Waals surface area contributed by atoms with Gasteiger partial charge in [-0.2, -0.15) is 0 Å².